The molecular formula is C19H20BrNO3. The zero-order chi connectivity index (χ0) is 17.3. The number of hydrogen-bond donors (Lipinski definition) is 1. The van der Waals surface area contributed by atoms with Gasteiger partial charge in [0.05, 0.1) is 22.7 Å². The summed E-state index contributed by atoms with van der Waals surface area (Å²) in [5, 5.41) is 10.2. The quantitative estimate of drug-likeness (QED) is 0.841. The van der Waals surface area contributed by atoms with Crippen molar-refractivity contribution >= 4 is 21.8 Å². The van der Waals surface area contributed by atoms with Crippen molar-refractivity contribution in [3.05, 3.63) is 63.6 Å². The Kier molecular flexibility index (Phi) is 4.92. The zero-order valence-electron chi connectivity index (χ0n) is 13.7. The third kappa shape index (κ3) is 3.47. The van der Waals surface area contributed by atoms with Gasteiger partial charge in [0.15, 0.2) is 0 Å². The summed E-state index contributed by atoms with van der Waals surface area (Å²) in [5.74, 6) is -0.186. The monoisotopic (exact) mass is 389 g/mol. The summed E-state index contributed by atoms with van der Waals surface area (Å²) in [6.45, 7) is 4.84. The van der Waals surface area contributed by atoms with Gasteiger partial charge in [0.1, 0.15) is 11.9 Å². The smallest absolute Gasteiger partial charge is 0.257 e. The number of rotatable bonds is 2. The summed E-state index contributed by atoms with van der Waals surface area (Å²) in [4.78, 5) is 14.7. The van der Waals surface area contributed by atoms with Crippen molar-refractivity contribution in [2.75, 3.05) is 13.1 Å². The Hall–Kier alpha value is -1.85. The number of morpholine rings is 1. The van der Waals surface area contributed by atoms with Crippen LogP contribution in [0, 0.1) is 6.92 Å². The van der Waals surface area contributed by atoms with Gasteiger partial charge in [-0.1, -0.05) is 30.3 Å². The predicted molar refractivity (Wildman–Crippen MR) is 96.2 cm³/mol. The van der Waals surface area contributed by atoms with Gasteiger partial charge in [-0.2, -0.15) is 0 Å². The number of amides is 1. The highest BCUT2D eigenvalue weighted by molar-refractivity contribution is 9.10. The topological polar surface area (TPSA) is 49.8 Å². The first-order chi connectivity index (χ1) is 11.5. The van der Waals surface area contributed by atoms with Gasteiger partial charge in [-0.05, 0) is 53.0 Å². The lowest BCUT2D eigenvalue weighted by Gasteiger charge is -2.37. The van der Waals surface area contributed by atoms with Gasteiger partial charge < -0.3 is 14.7 Å². The van der Waals surface area contributed by atoms with Crippen LogP contribution in [0.25, 0.3) is 0 Å². The van der Waals surface area contributed by atoms with Crippen LogP contribution in [-0.4, -0.2) is 35.1 Å². The van der Waals surface area contributed by atoms with E-state index in [9.17, 15) is 9.90 Å². The highest BCUT2D eigenvalue weighted by atomic mass is 79.9. The second kappa shape index (κ2) is 6.95. The Morgan fingerprint density at radius 2 is 1.96 bits per heavy atom. The van der Waals surface area contributed by atoms with Gasteiger partial charge in [0.2, 0.25) is 0 Å². The molecule has 0 radical (unpaired) electrons. The maximum Gasteiger partial charge on any atom is 0.257 e. The molecule has 0 bridgehead atoms. The number of nitrogens with zero attached hydrogens (tertiary/aromatic N) is 1. The van der Waals surface area contributed by atoms with Crippen LogP contribution in [0.15, 0.2) is 46.9 Å². The number of carbonyl (C=O) groups excluding carboxylic acids is 1. The normalized spacial score (nSPS) is 20.9. The summed E-state index contributed by atoms with van der Waals surface area (Å²) < 4.78 is 6.53. The second-order valence-electron chi connectivity index (χ2n) is 6.20. The Morgan fingerprint density at radius 1 is 1.25 bits per heavy atom. The lowest BCUT2D eigenvalue weighted by Crippen LogP contribution is -2.46. The van der Waals surface area contributed by atoms with E-state index in [2.05, 4.69) is 15.9 Å². The van der Waals surface area contributed by atoms with Crippen molar-refractivity contribution in [2.24, 2.45) is 0 Å². The van der Waals surface area contributed by atoms with Crippen LogP contribution in [-0.2, 0) is 4.74 Å². The van der Waals surface area contributed by atoms with Crippen LogP contribution in [0.2, 0.25) is 0 Å². The highest BCUT2D eigenvalue weighted by Gasteiger charge is 2.31. The fourth-order valence-corrected chi connectivity index (χ4v) is 3.61. The standard InChI is InChI=1S/C19H20BrNO3/c1-12-8-15(18(22)16(20)9-12)19(23)21-10-13(2)24-17(11-21)14-6-4-3-5-7-14/h3-9,13,17,22H,10-11H2,1-2H3/t13-,17+/m1/s1. The highest BCUT2D eigenvalue weighted by Crippen LogP contribution is 2.32. The molecule has 4 nitrogen and oxygen atoms in total. The minimum Gasteiger partial charge on any atom is -0.506 e. The molecule has 1 fully saturated rings. The third-order valence-electron chi connectivity index (χ3n) is 4.16. The summed E-state index contributed by atoms with van der Waals surface area (Å²) in [6.07, 6.45) is -0.224. The summed E-state index contributed by atoms with van der Waals surface area (Å²) in [5.41, 5.74) is 2.29. The number of phenolic OH excluding ortho intramolecular Hbond substituents is 1. The van der Waals surface area contributed by atoms with E-state index in [0.29, 0.717) is 23.1 Å². The minimum atomic E-state index is -0.173. The van der Waals surface area contributed by atoms with Crippen LogP contribution < -0.4 is 0 Å². The van der Waals surface area contributed by atoms with Crippen molar-refractivity contribution < 1.29 is 14.6 Å². The van der Waals surface area contributed by atoms with Crippen molar-refractivity contribution in [2.45, 2.75) is 26.1 Å². The fourth-order valence-electron chi connectivity index (χ4n) is 3.04. The molecule has 1 aliphatic rings. The maximum atomic E-state index is 12.9. The van der Waals surface area contributed by atoms with Crippen molar-refractivity contribution in [1.29, 1.82) is 0 Å². The van der Waals surface area contributed by atoms with Crippen molar-refractivity contribution in [1.82, 2.24) is 4.90 Å². The van der Waals surface area contributed by atoms with Crippen LogP contribution in [0.4, 0.5) is 0 Å². The molecule has 2 aromatic carbocycles. The first-order valence-electron chi connectivity index (χ1n) is 7.94. The summed E-state index contributed by atoms with van der Waals surface area (Å²) >= 11 is 3.30. The van der Waals surface area contributed by atoms with E-state index in [1.165, 1.54) is 0 Å². The molecule has 5 heteroatoms. The Bertz CT molecular complexity index is 748. The Morgan fingerprint density at radius 3 is 2.67 bits per heavy atom. The minimum absolute atomic E-state index is 0.0130. The van der Waals surface area contributed by atoms with Gasteiger partial charge >= 0.3 is 0 Å². The molecule has 0 unspecified atom stereocenters. The number of halogens is 1. The lowest BCUT2D eigenvalue weighted by molar-refractivity contribution is -0.0692. The van der Waals surface area contributed by atoms with Gasteiger partial charge in [0, 0.05) is 6.54 Å². The molecule has 0 saturated carbocycles. The number of benzene rings is 2. The molecule has 1 saturated heterocycles. The van der Waals surface area contributed by atoms with E-state index in [0.717, 1.165) is 11.1 Å². The van der Waals surface area contributed by atoms with Gasteiger partial charge in [-0.25, -0.2) is 0 Å². The number of phenols is 1. The lowest BCUT2D eigenvalue weighted by atomic mass is 10.0. The van der Waals surface area contributed by atoms with E-state index < -0.39 is 0 Å². The summed E-state index contributed by atoms with van der Waals surface area (Å²) in [7, 11) is 0. The molecule has 0 aliphatic carbocycles. The van der Waals surface area contributed by atoms with Crippen molar-refractivity contribution in [3.8, 4) is 5.75 Å². The zero-order valence-corrected chi connectivity index (χ0v) is 15.3. The first kappa shape index (κ1) is 17.0. The molecule has 1 amide bonds. The number of hydrogen-bond acceptors (Lipinski definition) is 3. The van der Waals surface area contributed by atoms with Gasteiger partial charge in [-0.15, -0.1) is 0 Å². The third-order valence-corrected chi connectivity index (χ3v) is 4.76. The van der Waals surface area contributed by atoms with E-state index in [1.807, 2.05) is 44.2 Å². The van der Waals surface area contributed by atoms with Gasteiger partial charge in [0.25, 0.3) is 5.91 Å². The molecule has 24 heavy (non-hydrogen) atoms. The number of aryl methyl sites for hydroxylation is 1. The predicted octanol–water partition coefficient (Wildman–Crippen LogP) is 4.07. The molecule has 0 aromatic heterocycles. The van der Waals surface area contributed by atoms with Crippen LogP contribution in [0.5, 0.6) is 5.75 Å². The molecule has 1 N–H and O–H groups in total. The molecule has 126 valence electrons. The van der Waals surface area contributed by atoms with E-state index in [4.69, 9.17) is 4.74 Å². The van der Waals surface area contributed by atoms with E-state index in [-0.39, 0.29) is 23.9 Å². The average molecular weight is 390 g/mol. The van der Waals surface area contributed by atoms with E-state index in [1.54, 1.807) is 17.0 Å². The average Bonchev–Trinajstić information content (AvgIpc) is 2.57. The number of ether oxygens (including phenoxy) is 1. The molecule has 1 heterocycles. The Balaban J connectivity index is 1.87. The Labute approximate surface area is 150 Å². The van der Waals surface area contributed by atoms with Crippen molar-refractivity contribution in [3.63, 3.8) is 0 Å². The SMILES string of the molecule is Cc1cc(Br)c(O)c(C(=O)N2C[C@@H](C)O[C@H](c3ccccc3)C2)c1. The molecule has 0 spiro atoms. The first-order valence-corrected chi connectivity index (χ1v) is 8.74. The number of aromatic hydroxyl groups is 1. The summed E-state index contributed by atoms with van der Waals surface area (Å²) in [6, 6.07) is 13.4. The largest absolute Gasteiger partial charge is 0.506 e. The molecule has 2 aromatic rings. The second-order valence-corrected chi connectivity index (χ2v) is 7.05. The van der Waals surface area contributed by atoms with Crippen LogP contribution in [0.1, 0.15) is 34.5 Å². The van der Waals surface area contributed by atoms with E-state index >= 15 is 0 Å². The number of carbonyl (C=O) groups is 1. The maximum absolute atomic E-state index is 12.9. The van der Waals surface area contributed by atoms with Gasteiger partial charge in [-0.3, -0.25) is 4.79 Å². The fraction of sp³-hybridized carbons (Fsp3) is 0.316. The molecule has 1 aliphatic heterocycles. The van der Waals surface area contributed by atoms with Crippen LogP contribution in [0.3, 0.4) is 0 Å². The molecule has 3 rings (SSSR count). The molecular weight excluding hydrogens is 370 g/mol. The molecule has 2 atom stereocenters. The van der Waals surface area contributed by atoms with Crippen LogP contribution >= 0.6 is 15.9 Å².